The molecule has 4 heteroatoms. The molecule has 0 unspecified atom stereocenters. The summed E-state index contributed by atoms with van der Waals surface area (Å²) in [5.74, 6) is 0.0265. The van der Waals surface area contributed by atoms with Gasteiger partial charge in [0.25, 0.3) is 0 Å². The molecule has 24 heavy (non-hydrogen) atoms. The number of thiazole rings is 1. The molecule has 0 atom stereocenters. The van der Waals surface area contributed by atoms with Crippen molar-refractivity contribution in [3.05, 3.63) is 87.4 Å². The van der Waals surface area contributed by atoms with Gasteiger partial charge in [-0.2, -0.15) is 0 Å². The van der Waals surface area contributed by atoms with Crippen LogP contribution in [0.5, 0.6) is 0 Å². The van der Waals surface area contributed by atoms with Crippen LogP contribution in [0.3, 0.4) is 0 Å². The lowest BCUT2D eigenvalue weighted by Crippen LogP contribution is -2.24. The lowest BCUT2D eigenvalue weighted by molar-refractivity contribution is -0.120. The Morgan fingerprint density at radius 2 is 1.62 bits per heavy atom. The van der Waals surface area contributed by atoms with Crippen molar-refractivity contribution in [1.82, 2.24) is 10.3 Å². The lowest BCUT2D eigenvalue weighted by atomic mass is 10.1. The number of amides is 1. The molecule has 3 nitrogen and oxygen atoms in total. The van der Waals surface area contributed by atoms with Gasteiger partial charge in [-0.3, -0.25) is 4.79 Å². The predicted octanol–water partition coefficient (Wildman–Crippen LogP) is 3.90. The van der Waals surface area contributed by atoms with Crippen LogP contribution < -0.4 is 5.32 Å². The van der Waals surface area contributed by atoms with E-state index in [2.05, 4.69) is 34.6 Å². The molecular formula is C20H20N2OS. The maximum absolute atomic E-state index is 12.0. The Balaban J connectivity index is 1.56. The van der Waals surface area contributed by atoms with E-state index in [1.807, 2.05) is 43.3 Å². The van der Waals surface area contributed by atoms with Gasteiger partial charge >= 0.3 is 0 Å². The van der Waals surface area contributed by atoms with Gasteiger partial charge in [0.1, 0.15) is 5.01 Å². The highest BCUT2D eigenvalue weighted by molar-refractivity contribution is 7.11. The molecule has 0 fully saturated rings. The second-order valence-corrected chi connectivity index (χ2v) is 6.89. The number of aryl methyl sites for hydroxylation is 1. The summed E-state index contributed by atoms with van der Waals surface area (Å²) >= 11 is 1.68. The molecule has 0 aliphatic heterocycles. The molecule has 3 aromatic rings. The third kappa shape index (κ3) is 4.52. The topological polar surface area (TPSA) is 42.0 Å². The molecule has 0 saturated heterocycles. The fourth-order valence-corrected chi connectivity index (χ4v) is 3.57. The summed E-state index contributed by atoms with van der Waals surface area (Å²) in [4.78, 5) is 17.9. The maximum atomic E-state index is 12.0. The van der Waals surface area contributed by atoms with Crippen LogP contribution in [0, 0.1) is 6.92 Å². The van der Waals surface area contributed by atoms with Crippen LogP contribution in [0.1, 0.15) is 26.7 Å². The molecule has 0 radical (unpaired) electrons. The third-order valence-corrected chi connectivity index (χ3v) is 4.95. The summed E-state index contributed by atoms with van der Waals surface area (Å²) < 4.78 is 0. The summed E-state index contributed by atoms with van der Waals surface area (Å²) in [7, 11) is 0. The fraction of sp³-hybridized carbons (Fsp3) is 0.200. The van der Waals surface area contributed by atoms with Gasteiger partial charge in [0.2, 0.25) is 5.91 Å². The molecule has 0 aliphatic carbocycles. The number of nitrogens with zero attached hydrogens (tertiary/aromatic N) is 1. The van der Waals surface area contributed by atoms with Gasteiger partial charge in [-0.05, 0) is 18.1 Å². The van der Waals surface area contributed by atoms with Gasteiger partial charge in [0.15, 0.2) is 0 Å². The number of hydrogen-bond donors (Lipinski definition) is 1. The number of carbonyl (C=O) groups excluding carboxylic acids is 1. The van der Waals surface area contributed by atoms with Crippen LogP contribution in [0.15, 0.2) is 60.7 Å². The number of carbonyl (C=O) groups is 1. The van der Waals surface area contributed by atoms with Gasteiger partial charge in [0.05, 0.1) is 18.7 Å². The Morgan fingerprint density at radius 1 is 1.00 bits per heavy atom. The lowest BCUT2D eigenvalue weighted by Gasteiger charge is -2.03. The number of rotatable bonds is 6. The summed E-state index contributed by atoms with van der Waals surface area (Å²) in [5.41, 5.74) is 3.36. The number of aromatic nitrogens is 1. The molecule has 1 heterocycles. The van der Waals surface area contributed by atoms with Crippen molar-refractivity contribution >= 4 is 17.2 Å². The van der Waals surface area contributed by atoms with Crippen molar-refractivity contribution in [3.63, 3.8) is 0 Å². The van der Waals surface area contributed by atoms with E-state index in [1.165, 1.54) is 10.4 Å². The summed E-state index contributed by atoms with van der Waals surface area (Å²) in [6, 6.07) is 20.2. The van der Waals surface area contributed by atoms with Crippen molar-refractivity contribution < 1.29 is 4.79 Å². The molecular weight excluding hydrogens is 316 g/mol. The molecule has 0 spiro atoms. The highest BCUT2D eigenvalue weighted by Crippen LogP contribution is 2.21. The first-order valence-electron chi connectivity index (χ1n) is 8.00. The molecule has 0 saturated carbocycles. The van der Waals surface area contributed by atoms with Crippen molar-refractivity contribution in [2.45, 2.75) is 26.3 Å². The normalized spacial score (nSPS) is 10.5. The van der Waals surface area contributed by atoms with E-state index in [9.17, 15) is 4.79 Å². The highest BCUT2D eigenvalue weighted by atomic mass is 32.1. The predicted molar refractivity (Wildman–Crippen MR) is 98.1 cm³/mol. The van der Waals surface area contributed by atoms with E-state index < -0.39 is 0 Å². The zero-order valence-corrected chi connectivity index (χ0v) is 14.5. The third-order valence-electron chi connectivity index (χ3n) is 3.79. The minimum Gasteiger partial charge on any atom is -0.349 e. The largest absolute Gasteiger partial charge is 0.349 e. The van der Waals surface area contributed by atoms with Crippen molar-refractivity contribution in [2.75, 3.05) is 0 Å². The quantitative estimate of drug-likeness (QED) is 0.742. The molecule has 0 bridgehead atoms. The monoisotopic (exact) mass is 336 g/mol. The van der Waals surface area contributed by atoms with E-state index in [4.69, 9.17) is 0 Å². The molecule has 1 aromatic heterocycles. The van der Waals surface area contributed by atoms with E-state index in [-0.39, 0.29) is 5.91 Å². The van der Waals surface area contributed by atoms with Crippen molar-refractivity contribution in [3.8, 4) is 0 Å². The SMILES string of the molecule is Cc1nc(CNC(=O)Cc2ccccc2)sc1Cc1ccccc1. The van der Waals surface area contributed by atoms with Crippen LogP contribution in [0.2, 0.25) is 0 Å². The summed E-state index contributed by atoms with van der Waals surface area (Å²) in [5, 5.41) is 3.92. The van der Waals surface area contributed by atoms with Gasteiger partial charge in [-0.1, -0.05) is 60.7 Å². The zero-order chi connectivity index (χ0) is 16.8. The van der Waals surface area contributed by atoms with Gasteiger partial charge in [-0.15, -0.1) is 11.3 Å². The molecule has 1 amide bonds. The Labute approximate surface area is 146 Å². The van der Waals surface area contributed by atoms with Gasteiger partial charge in [-0.25, -0.2) is 4.98 Å². The molecule has 1 N–H and O–H groups in total. The van der Waals surface area contributed by atoms with Gasteiger partial charge in [0, 0.05) is 11.3 Å². The molecule has 122 valence electrons. The average molecular weight is 336 g/mol. The molecule has 3 rings (SSSR count). The number of nitrogens with one attached hydrogen (secondary N) is 1. The smallest absolute Gasteiger partial charge is 0.224 e. The Hall–Kier alpha value is -2.46. The fourth-order valence-electron chi connectivity index (χ4n) is 2.53. The van der Waals surface area contributed by atoms with Crippen LogP contribution in [0.25, 0.3) is 0 Å². The van der Waals surface area contributed by atoms with E-state index >= 15 is 0 Å². The van der Waals surface area contributed by atoms with E-state index in [0.29, 0.717) is 13.0 Å². The van der Waals surface area contributed by atoms with E-state index in [1.54, 1.807) is 11.3 Å². The highest BCUT2D eigenvalue weighted by Gasteiger charge is 2.10. The van der Waals surface area contributed by atoms with Crippen LogP contribution >= 0.6 is 11.3 Å². The average Bonchev–Trinajstić information content (AvgIpc) is 2.95. The Bertz CT molecular complexity index is 797. The number of hydrogen-bond acceptors (Lipinski definition) is 3. The second-order valence-electron chi connectivity index (χ2n) is 5.72. The van der Waals surface area contributed by atoms with Crippen LogP contribution in [0.4, 0.5) is 0 Å². The first-order chi connectivity index (χ1) is 11.7. The molecule has 0 aliphatic rings. The Morgan fingerprint density at radius 3 is 2.29 bits per heavy atom. The second kappa shape index (κ2) is 7.88. The van der Waals surface area contributed by atoms with Crippen molar-refractivity contribution in [1.29, 1.82) is 0 Å². The van der Waals surface area contributed by atoms with Crippen LogP contribution in [-0.2, 0) is 24.2 Å². The Kier molecular flexibility index (Phi) is 5.39. The standard InChI is InChI=1S/C20H20N2OS/c1-15-18(12-16-8-4-2-5-9-16)24-20(22-15)14-21-19(23)13-17-10-6-3-7-11-17/h2-11H,12-14H2,1H3,(H,21,23). The van der Waals surface area contributed by atoms with Gasteiger partial charge < -0.3 is 5.32 Å². The van der Waals surface area contributed by atoms with Crippen LogP contribution in [-0.4, -0.2) is 10.9 Å². The molecule has 2 aromatic carbocycles. The first kappa shape index (κ1) is 16.4. The maximum Gasteiger partial charge on any atom is 0.224 e. The minimum absolute atomic E-state index is 0.0265. The number of benzene rings is 2. The zero-order valence-electron chi connectivity index (χ0n) is 13.7. The first-order valence-corrected chi connectivity index (χ1v) is 8.82. The van der Waals surface area contributed by atoms with Crippen molar-refractivity contribution in [2.24, 2.45) is 0 Å². The van der Waals surface area contributed by atoms with E-state index in [0.717, 1.165) is 22.7 Å². The summed E-state index contributed by atoms with van der Waals surface area (Å²) in [6.07, 6.45) is 1.30. The summed E-state index contributed by atoms with van der Waals surface area (Å²) in [6.45, 7) is 2.52. The minimum atomic E-state index is 0.0265.